The van der Waals surface area contributed by atoms with Gasteiger partial charge in [-0.25, -0.2) is 0 Å². The molecule has 138 valence electrons. The first-order valence-electron chi connectivity index (χ1n) is 8.38. The zero-order chi connectivity index (χ0) is 18.7. The van der Waals surface area contributed by atoms with Gasteiger partial charge in [0.05, 0.1) is 31.6 Å². The highest BCUT2D eigenvalue weighted by molar-refractivity contribution is 7.14. The summed E-state index contributed by atoms with van der Waals surface area (Å²) in [5.41, 5.74) is 1.89. The molecule has 1 aliphatic rings. The molecule has 1 unspecified atom stereocenters. The smallest absolute Gasteiger partial charge is 0.305 e. The molecule has 0 saturated heterocycles. The zero-order valence-corrected chi connectivity index (χ0v) is 15.5. The normalized spacial score (nSPS) is 13.8. The second-order valence-corrected chi connectivity index (χ2v) is 7.29. The maximum atomic E-state index is 12.6. The molecule has 3 rings (SSSR count). The van der Waals surface area contributed by atoms with Crippen LogP contribution in [0.1, 0.15) is 44.6 Å². The van der Waals surface area contributed by atoms with Crippen molar-refractivity contribution < 1.29 is 24.2 Å². The Kier molecular flexibility index (Phi) is 5.46. The van der Waals surface area contributed by atoms with Gasteiger partial charge in [0.1, 0.15) is 0 Å². The van der Waals surface area contributed by atoms with E-state index in [1.807, 2.05) is 6.07 Å². The molecule has 0 fully saturated rings. The lowest BCUT2D eigenvalue weighted by molar-refractivity contribution is -0.137. The van der Waals surface area contributed by atoms with Crippen molar-refractivity contribution in [2.75, 3.05) is 14.2 Å². The van der Waals surface area contributed by atoms with Crippen molar-refractivity contribution in [3.05, 3.63) is 45.1 Å². The summed E-state index contributed by atoms with van der Waals surface area (Å²) in [7, 11) is 3.05. The number of carbonyl (C=O) groups excluding carboxylic acids is 1. The maximum Gasteiger partial charge on any atom is 0.305 e. The fourth-order valence-electron chi connectivity index (χ4n) is 3.17. The van der Waals surface area contributed by atoms with Crippen LogP contribution in [0.25, 0.3) is 0 Å². The average Bonchev–Trinajstić information content (AvgIpc) is 3.22. The number of hydrogen-bond acceptors (Lipinski definition) is 5. The molecule has 1 amide bonds. The SMILES string of the molecule is COc1ccc(C(CC(=O)O)NC(=O)c2cc3c(s2)CCC3)cc1OC. The van der Waals surface area contributed by atoms with Crippen molar-refractivity contribution in [1.29, 1.82) is 0 Å². The van der Waals surface area contributed by atoms with Gasteiger partial charge in [0.15, 0.2) is 11.5 Å². The monoisotopic (exact) mass is 375 g/mol. The van der Waals surface area contributed by atoms with E-state index < -0.39 is 12.0 Å². The fraction of sp³-hybridized carbons (Fsp3) is 0.368. The molecule has 1 atom stereocenters. The Morgan fingerprint density at radius 3 is 2.62 bits per heavy atom. The summed E-state index contributed by atoms with van der Waals surface area (Å²) >= 11 is 1.50. The minimum absolute atomic E-state index is 0.216. The lowest BCUT2D eigenvalue weighted by Gasteiger charge is -2.18. The number of rotatable bonds is 7. The van der Waals surface area contributed by atoms with Gasteiger partial charge < -0.3 is 19.9 Å². The van der Waals surface area contributed by atoms with Crippen LogP contribution in [0.15, 0.2) is 24.3 Å². The van der Waals surface area contributed by atoms with Gasteiger partial charge in [0, 0.05) is 4.88 Å². The summed E-state index contributed by atoms with van der Waals surface area (Å²) in [6.07, 6.45) is 2.94. The molecule has 1 aromatic heterocycles. The van der Waals surface area contributed by atoms with E-state index in [0.717, 1.165) is 19.3 Å². The first-order valence-corrected chi connectivity index (χ1v) is 9.19. The number of benzene rings is 1. The van der Waals surface area contributed by atoms with Crippen LogP contribution < -0.4 is 14.8 Å². The standard InChI is InChI=1S/C19H21NO5S/c1-24-14-7-6-11(8-15(14)25-2)13(10-18(21)22)20-19(23)17-9-12-4-3-5-16(12)26-17/h6-9,13H,3-5,10H2,1-2H3,(H,20,23)(H,21,22). The van der Waals surface area contributed by atoms with Crippen molar-refractivity contribution in [3.8, 4) is 11.5 Å². The van der Waals surface area contributed by atoms with Gasteiger partial charge in [-0.1, -0.05) is 6.07 Å². The average molecular weight is 375 g/mol. The minimum atomic E-state index is -0.987. The van der Waals surface area contributed by atoms with E-state index in [0.29, 0.717) is 21.9 Å². The Morgan fingerprint density at radius 1 is 1.19 bits per heavy atom. The Labute approximate surface area is 155 Å². The zero-order valence-electron chi connectivity index (χ0n) is 14.7. The van der Waals surface area contributed by atoms with E-state index in [2.05, 4.69) is 5.32 Å². The highest BCUT2D eigenvalue weighted by atomic mass is 32.1. The predicted octanol–water partition coefficient (Wildman–Crippen LogP) is 3.20. The van der Waals surface area contributed by atoms with Crippen LogP contribution in [-0.2, 0) is 17.6 Å². The van der Waals surface area contributed by atoms with Crippen LogP contribution in [-0.4, -0.2) is 31.2 Å². The number of amides is 1. The fourth-order valence-corrected chi connectivity index (χ4v) is 4.32. The van der Waals surface area contributed by atoms with Gasteiger partial charge in [-0.2, -0.15) is 0 Å². The molecule has 26 heavy (non-hydrogen) atoms. The molecule has 1 heterocycles. The lowest BCUT2D eigenvalue weighted by Crippen LogP contribution is -2.29. The Morgan fingerprint density at radius 2 is 1.96 bits per heavy atom. The predicted molar refractivity (Wildman–Crippen MR) is 98.4 cm³/mol. The number of carbonyl (C=O) groups is 2. The third kappa shape index (κ3) is 3.83. The summed E-state index contributed by atoms with van der Waals surface area (Å²) in [6, 6.07) is 6.41. The second-order valence-electron chi connectivity index (χ2n) is 6.15. The summed E-state index contributed by atoms with van der Waals surface area (Å²) < 4.78 is 10.5. The van der Waals surface area contributed by atoms with Crippen molar-refractivity contribution in [2.45, 2.75) is 31.7 Å². The lowest BCUT2D eigenvalue weighted by atomic mass is 10.0. The van der Waals surface area contributed by atoms with E-state index in [4.69, 9.17) is 9.47 Å². The van der Waals surface area contributed by atoms with Gasteiger partial charge in [-0.05, 0) is 48.6 Å². The molecule has 6 nitrogen and oxygen atoms in total. The number of aliphatic carboxylic acids is 1. The maximum absolute atomic E-state index is 12.6. The molecule has 0 aliphatic heterocycles. The quantitative estimate of drug-likeness (QED) is 0.776. The van der Waals surface area contributed by atoms with Crippen LogP contribution >= 0.6 is 11.3 Å². The van der Waals surface area contributed by atoms with Crippen LogP contribution in [0.4, 0.5) is 0 Å². The van der Waals surface area contributed by atoms with Gasteiger partial charge in [0.2, 0.25) is 0 Å². The van der Waals surface area contributed by atoms with E-state index in [1.54, 1.807) is 18.2 Å². The third-order valence-corrected chi connectivity index (χ3v) is 5.70. The second kappa shape index (κ2) is 7.78. The largest absolute Gasteiger partial charge is 0.493 e. The van der Waals surface area contributed by atoms with E-state index in [1.165, 1.54) is 36.0 Å². The summed E-state index contributed by atoms with van der Waals surface area (Å²) in [6.45, 7) is 0. The summed E-state index contributed by atoms with van der Waals surface area (Å²) in [4.78, 5) is 25.8. The van der Waals surface area contributed by atoms with Gasteiger partial charge >= 0.3 is 5.97 Å². The van der Waals surface area contributed by atoms with Crippen molar-refractivity contribution >= 4 is 23.2 Å². The van der Waals surface area contributed by atoms with Crippen LogP contribution in [0.5, 0.6) is 11.5 Å². The number of nitrogens with one attached hydrogen (secondary N) is 1. The van der Waals surface area contributed by atoms with Crippen LogP contribution in [0.2, 0.25) is 0 Å². The molecule has 0 saturated carbocycles. The Balaban J connectivity index is 1.83. The number of hydrogen-bond donors (Lipinski definition) is 2. The Bertz CT molecular complexity index is 808. The molecule has 0 spiro atoms. The molecule has 0 bridgehead atoms. The molecular formula is C19H21NO5S. The summed E-state index contributed by atoms with van der Waals surface area (Å²) in [5, 5.41) is 12.1. The van der Waals surface area contributed by atoms with E-state index >= 15 is 0 Å². The van der Waals surface area contributed by atoms with Crippen molar-refractivity contribution in [2.24, 2.45) is 0 Å². The number of fused-ring (bicyclic) bond motifs is 1. The minimum Gasteiger partial charge on any atom is -0.493 e. The highest BCUT2D eigenvalue weighted by Crippen LogP contribution is 2.33. The highest BCUT2D eigenvalue weighted by Gasteiger charge is 2.23. The van der Waals surface area contributed by atoms with Crippen LogP contribution in [0, 0.1) is 0 Å². The van der Waals surface area contributed by atoms with Gasteiger partial charge in [-0.3, -0.25) is 9.59 Å². The molecule has 1 aromatic carbocycles. The van der Waals surface area contributed by atoms with E-state index in [-0.39, 0.29) is 12.3 Å². The van der Waals surface area contributed by atoms with E-state index in [9.17, 15) is 14.7 Å². The molecule has 7 heteroatoms. The summed E-state index contributed by atoms with van der Waals surface area (Å²) in [5.74, 6) is -0.194. The molecular weight excluding hydrogens is 354 g/mol. The number of carboxylic acids is 1. The van der Waals surface area contributed by atoms with Crippen molar-refractivity contribution in [1.82, 2.24) is 5.32 Å². The topological polar surface area (TPSA) is 84.9 Å². The third-order valence-electron chi connectivity index (χ3n) is 4.46. The van der Waals surface area contributed by atoms with Gasteiger partial charge in [0.25, 0.3) is 5.91 Å². The number of ether oxygens (including phenoxy) is 2. The Hall–Kier alpha value is -2.54. The number of methoxy groups -OCH3 is 2. The first kappa shape index (κ1) is 18.3. The number of carboxylic acid groups (broad SMARTS) is 1. The molecule has 0 radical (unpaired) electrons. The van der Waals surface area contributed by atoms with Crippen LogP contribution in [0.3, 0.4) is 0 Å². The molecule has 2 N–H and O–H groups in total. The number of thiophene rings is 1. The first-order chi connectivity index (χ1) is 12.5. The number of aryl methyl sites for hydroxylation is 2. The van der Waals surface area contributed by atoms with Gasteiger partial charge in [-0.15, -0.1) is 11.3 Å². The van der Waals surface area contributed by atoms with Crippen molar-refractivity contribution in [3.63, 3.8) is 0 Å². The molecule has 2 aromatic rings. The molecule has 1 aliphatic carbocycles.